The van der Waals surface area contributed by atoms with Gasteiger partial charge in [0.25, 0.3) is 0 Å². The summed E-state index contributed by atoms with van der Waals surface area (Å²) in [7, 11) is 0. The molecule has 1 N–H and O–H groups in total. The Balaban J connectivity index is 1.25. The van der Waals surface area contributed by atoms with Crippen molar-refractivity contribution in [3.8, 4) is 11.5 Å². The summed E-state index contributed by atoms with van der Waals surface area (Å²) in [4.78, 5) is 38.7. The van der Waals surface area contributed by atoms with Gasteiger partial charge in [-0.3, -0.25) is 14.4 Å². The van der Waals surface area contributed by atoms with Gasteiger partial charge in [-0.2, -0.15) is 0 Å². The highest BCUT2D eigenvalue weighted by molar-refractivity contribution is 7.14. The number of hydrogen-bond acceptors (Lipinski definition) is 6. The zero-order valence-electron chi connectivity index (χ0n) is 19.1. The van der Waals surface area contributed by atoms with Gasteiger partial charge in [-0.25, -0.2) is 0 Å². The largest absolute Gasteiger partial charge is 0.486 e. The second kappa shape index (κ2) is 10.5. The number of amides is 1. The van der Waals surface area contributed by atoms with Gasteiger partial charge in [0, 0.05) is 42.5 Å². The number of Topliss-reactive ketones (excluding diaryl/α,β-unsaturated/α-hetero) is 2. The first kappa shape index (κ1) is 23.5. The molecular weight excluding hydrogens is 438 g/mol. The number of hydrogen-bond donors (Lipinski definition) is 1. The summed E-state index contributed by atoms with van der Waals surface area (Å²) in [5.74, 6) is 1.37. The van der Waals surface area contributed by atoms with Crippen molar-refractivity contribution in [1.82, 2.24) is 5.32 Å². The van der Waals surface area contributed by atoms with Gasteiger partial charge in [0.1, 0.15) is 19.0 Å². The van der Waals surface area contributed by atoms with Gasteiger partial charge >= 0.3 is 0 Å². The number of thiophene rings is 1. The molecule has 176 valence electrons. The number of fused-ring (bicyclic) bond motifs is 1. The van der Waals surface area contributed by atoms with Gasteiger partial charge in [-0.05, 0) is 49.6 Å². The molecule has 4 rings (SSSR count). The number of carbonyl (C=O) groups excluding carboxylic acids is 3. The maximum Gasteiger partial charge on any atom is 0.220 e. The lowest BCUT2D eigenvalue weighted by molar-refractivity contribution is -0.125. The van der Waals surface area contributed by atoms with Crippen LogP contribution in [0.15, 0.2) is 30.3 Å². The van der Waals surface area contributed by atoms with E-state index in [1.807, 2.05) is 19.1 Å². The number of carbonyl (C=O) groups is 3. The van der Waals surface area contributed by atoms with Crippen molar-refractivity contribution in [3.63, 3.8) is 0 Å². The van der Waals surface area contributed by atoms with Crippen molar-refractivity contribution < 1.29 is 23.9 Å². The summed E-state index contributed by atoms with van der Waals surface area (Å²) < 4.78 is 11.4. The normalized spacial score (nSPS) is 16.4. The van der Waals surface area contributed by atoms with Crippen LogP contribution in [-0.4, -0.2) is 37.2 Å². The highest BCUT2D eigenvalue weighted by atomic mass is 32.1. The molecule has 1 amide bonds. The number of aryl methyl sites for hydroxylation is 1. The van der Waals surface area contributed by atoms with Crippen molar-refractivity contribution in [2.45, 2.75) is 63.7 Å². The van der Waals surface area contributed by atoms with E-state index in [-0.39, 0.29) is 48.6 Å². The fourth-order valence-electron chi connectivity index (χ4n) is 4.69. The van der Waals surface area contributed by atoms with Gasteiger partial charge in [0.15, 0.2) is 17.3 Å². The maximum absolute atomic E-state index is 12.5. The SMILES string of the molecule is Cc1ccc(C(=O)CCC(=O)CCC(=O)NCC2(c3ccc4c(c3)OCCO4)CCCC2)s1. The number of ether oxygens (including phenoxy) is 2. The molecule has 0 unspecified atom stereocenters. The Kier molecular flexibility index (Phi) is 7.48. The Labute approximate surface area is 198 Å². The molecule has 1 fully saturated rings. The molecule has 1 aliphatic heterocycles. The van der Waals surface area contributed by atoms with E-state index in [0.717, 1.165) is 42.1 Å². The van der Waals surface area contributed by atoms with Crippen molar-refractivity contribution in [2.24, 2.45) is 0 Å². The number of ketones is 2. The summed E-state index contributed by atoms with van der Waals surface area (Å²) >= 11 is 1.45. The highest BCUT2D eigenvalue weighted by Gasteiger charge is 2.36. The first-order chi connectivity index (χ1) is 15.9. The molecule has 1 aliphatic carbocycles. The van der Waals surface area contributed by atoms with E-state index >= 15 is 0 Å². The van der Waals surface area contributed by atoms with E-state index < -0.39 is 0 Å². The van der Waals surface area contributed by atoms with E-state index in [2.05, 4.69) is 17.4 Å². The van der Waals surface area contributed by atoms with Crippen LogP contribution in [0.5, 0.6) is 11.5 Å². The zero-order chi connectivity index (χ0) is 23.3. The lowest BCUT2D eigenvalue weighted by atomic mass is 9.78. The molecule has 0 bridgehead atoms. The smallest absolute Gasteiger partial charge is 0.220 e. The molecule has 0 radical (unpaired) electrons. The Bertz CT molecular complexity index is 1020. The molecule has 7 heteroatoms. The van der Waals surface area contributed by atoms with E-state index in [1.54, 1.807) is 6.07 Å². The van der Waals surface area contributed by atoms with Crippen molar-refractivity contribution in [1.29, 1.82) is 0 Å². The predicted octanol–water partition coefficient (Wildman–Crippen LogP) is 4.77. The average molecular weight is 470 g/mol. The molecule has 1 aromatic carbocycles. The predicted molar refractivity (Wildman–Crippen MR) is 127 cm³/mol. The van der Waals surface area contributed by atoms with Crippen LogP contribution in [0.1, 0.15) is 71.5 Å². The fourth-order valence-corrected chi connectivity index (χ4v) is 5.52. The Morgan fingerprint density at radius 3 is 2.39 bits per heavy atom. The van der Waals surface area contributed by atoms with Crippen LogP contribution in [0.4, 0.5) is 0 Å². The Morgan fingerprint density at radius 1 is 0.939 bits per heavy atom. The Hall–Kier alpha value is -2.67. The van der Waals surface area contributed by atoms with Crippen LogP contribution in [-0.2, 0) is 15.0 Å². The maximum atomic E-state index is 12.5. The van der Waals surface area contributed by atoms with Crippen molar-refractivity contribution in [3.05, 3.63) is 45.6 Å². The van der Waals surface area contributed by atoms with E-state index in [1.165, 1.54) is 16.9 Å². The second-order valence-corrected chi connectivity index (χ2v) is 10.3. The van der Waals surface area contributed by atoms with Crippen LogP contribution in [0, 0.1) is 6.92 Å². The standard InChI is InChI=1S/C26H31NO5S/c1-18-4-10-24(33-18)21(29)8-6-20(28)7-11-25(30)27-17-26(12-2-3-13-26)19-5-9-22-23(16-19)32-15-14-31-22/h4-5,9-10,16H,2-3,6-8,11-15,17H2,1H3,(H,27,30). The first-order valence-electron chi connectivity index (χ1n) is 11.7. The van der Waals surface area contributed by atoms with Crippen molar-refractivity contribution in [2.75, 3.05) is 19.8 Å². The minimum Gasteiger partial charge on any atom is -0.486 e. The molecule has 0 spiro atoms. The van der Waals surface area contributed by atoms with Gasteiger partial charge < -0.3 is 14.8 Å². The number of benzene rings is 1. The third-order valence-corrected chi connectivity index (χ3v) is 7.66. The lowest BCUT2D eigenvalue weighted by Gasteiger charge is -2.31. The molecule has 1 saturated carbocycles. The summed E-state index contributed by atoms with van der Waals surface area (Å²) in [6.07, 6.45) is 4.98. The lowest BCUT2D eigenvalue weighted by Crippen LogP contribution is -2.39. The topological polar surface area (TPSA) is 81.7 Å². The molecular formula is C26H31NO5S. The van der Waals surface area contributed by atoms with Crippen LogP contribution in [0.2, 0.25) is 0 Å². The molecule has 33 heavy (non-hydrogen) atoms. The van der Waals surface area contributed by atoms with Crippen LogP contribution in [0.3, 0.4) is 0 Å². The minimum atomic E-state index is -0.118. The van der Waals surface area contributed by atoms with Crippen LogP contribution < -0.4 is 14.8 Å². The van der Waals surface area contributed by atoms with Gasteiger partial charge in [0.2, 0.25) is 5.91 Å². The van der Waals surface area contributed by atoms with Gasteiger partial charge in [0.05, 0.1) is 4.88 Å². The molecule has 6 nitrogen and oxygen atoms in total. The average Bonchev–Trinajstić information content (AvgIpc) is 3.49. The fraction of sp³-hybridized carbons (Fsp3) is 0.500. The molecule has 2 aliphatic rings. The molecule has 0 saturated heterocycles. The third-order valence-electron chi connectivity index (χ3n) is 6.62. The van der Waals surface area contributed by atoms with Crippen molar-refractivity contribution >= 4 is 28.8 Å². The first-order valence-corrected chi connectivity index (χ1v) is 12.5. The summed E-state index contributed by atoms with van der Waals surface area (Å²) in [6, 6.07) is 9.82. The number of nitrogens with one attached hydrogen (secondary N) is 1. The van der Waals surface area contributed by atoms with Gasteiger partial charge in [-0.15, -0.1) is 11.3 Å². The number of rotatable bonds is 10. The third kappa shape index (κ3) is 5.82. The zero-order valence-corrected chi connectivity index (χ0v) is 19.9. The monoisotopic (exact) mass is 469 g/mol. The summed E-state index contributed by atoms with van der Waals surface area (Å²) in [5.41, 5.74) is 1.06. The molecule has 2 heterocycles. The van der Waals surface area contributed by atoms with Gasteiger partial charge in [-0.1, -0.05) is 18.9 Å². The molecule has 0 atom stereocenters. The Morgan fingerprint density at radius 2 is 1.67 bits per heavy atom. The highest BCUT2D eigenvalue weighted by Crippen LogP contribution is 2.43. The van der Waals surface area contributed by atoms with Crippen LogP contribution >= 0.6 is 11.3 Å². The second-order valence-electron chi connectivity index (χ2n) is 8.99. The minimum absolute atomic E-state index is 0.00601. The van der Waals surface area contributed by atoms with Crippen LogP contribution in [0.25, 0.3) is 0 Å². The summed E-state index contributed by atoms with van der Waals surface area (Å²) in [5, 5.41) is 3.06. The van der Waals surface area contributed by atoms with E-state index in [9.17, 15) is 14.4 Å². The molecule has 1 aromatic heterocycles. The summed E-state index contributed by atoms with van der Waals surface area (Å²) in [6.45, 7) is 3.62. The van der Waals surface area contributed by atoms with E-state index in [0.29, 0.717) is 24.6 Å². The van der Waals surface area contributed by atoms with E-state index in [4.69, 9.17) is 9.47 Å². The molecule has 2 aromatic rings. The quantitative estimate of drug-likeness (QED) is 0.507.